The molecule has 0 unspecified atom stereocenters. The number of hydrogen-bond donors (Lipinski definition) is 3. The first-order valence-corrected chi connectivity index (χ1v) is 10.9. The van der Waals surface area contributed by atoms with Gasteiger partial charge in [-0.1, -0.05) is 18.2 Å². The first-order valence-electron chi connectivity index (χ1n) is 8.57. The Balaban J connectivity index is 1.45. The maximum atomic E-state index is 11.3. The van der Waals surface area contributed by atoms with Gasteiger partial charge in [0.2, 0.25) is 10.0 Å². The molecule has 27 heavy (non-hydrogen) atoms. The maximum absolute atomic E-state index is 11.3. The van der Waals surface area contributed by atoms with Crippen molar-refractivity contribution in [1.29, 1.82) is 0 Å². The van der Waals surface area contributed by atoms with E-state index in [1.165, 1.54) is 17.0 Å². The lowest BCUT2D eigenvalue weighted by Gasteiger charge is -2.12. The van der Waals surface area contributed by atoms with Gasteiger partial charge in [-0.05, 0) is 36.1 Å². The minimum Gasteiger partial charge on any atom is -0.356 e. The summed E-state index contributed by atoms with van der Waals surface area (Å²) in [6.07, 6.45) is 3.06. The molecule has 2 heterocycles. The van der Waals surface area contributed by atoms with E-state index in [0.717, 1.165) is 35.7 Å². The second kappa shape index (κ2) is 8.55. The number of aliphatic imine (C=N–C) groups is 1. The van der Waals surface area contributed by atoms with Crippen LogP contribution in [0.25, 0.3) is 10.9 Å². The third-order valence-electron chi connectivity index (χ3n) is 4.12. The van der Waals surface area contributed by atoms with Crippen LogP contribution in [-0.4, -0.2) is 32.5 Å². The number of hydrogen-bond acceptors (Lipinski definition) is 4. The predicted molar refractivity (Wildman–Crippen MR) is 110 cm³/mol. The number of aryl methyl sites for hydroxylation is 1. The summed E-state index contributed by atoms with van der Waals surface area (Å²) in [5, 5.41) is 12.8. The highest BCUT2D eigenvalue weighted by Gasteiger charge is 2.11. The topological polar surface area (TPSA) is 102 Å². The van der Waals surface area contributed by atoms with E-state index in [0.29, 0.717) is 12.5 Å². The highest BCUT2D eigenvalue weighted by Crippen LogP contribution is 2.20. The minimum absolute atomic E-state index is 0.168. The van der Waals surface area contributed by atoms with Crippen molar-refractivity contribution < 1.29 is 8.42 Å². The minimum atomic E-state index is -3.64. The molecule has 0 saturated heterocycles. The van der Waals surface area contributed by atoms with Gasteiger partial charge in [-0.15, -0.1) is 11.3 Å². The summed E-state index contributed by atoms with van der Waals surface area (Å²) < 4.78 is 25.1. The Morgan fingerprint density at radius 3 is 2.74 bits per heavy atom. The van der Waals surface area contributed by atoms with Crippen LogP contribution in [0.3, 0.4) is 0 Å². The number of fused-ring (bicyclic) bond motifs is 1. The summed E-state index contributed by atoms with van der Waals surface area (Å²) in [6.45, 7) is 2.18. The number of nitrogens with one attached hydrogen (secondary N) is 2. The normalized spacial score (nSPS) is 12.4. The van der Waals surface area contributed by atoms with Crippen LogP contribution in [0.15, 0.2) is 57.9 Å². The van der Waals surface area contributed by atoms with Crippen molar-refractivity contribution in [3.63, 3.8) is 0 Å². The highest BCUT2D eigenvalue weighted by molar-refractivity contribution is 7.91. The van der Waals surface area contributed by atoms with Gasteiger partial charge in [-0.2, -0.15) is 0 Å². The summed E-state index contributed by atoms with van der Waals surface area (Å²) in [6, 6.07) is 13.7. The lowest BCUT2D eigenvalue weighted by atomic mass is 10.2. The summed E-state index contributed by atoms with van der Waals surface area (Å²) in [5.41, 5.74) is 1.24. The molecule has 2 aromatic heterocycles. The number of sulfonamides is 1. The molecule has 7 nitrogen and oxygen atoms in total. The quantitative estimate of drug-likeness (QED) is 0.318. The van der Waals surface area contributed by atoms with Crippen molar-refractivity contribution >= 4 is 38.2 Å². The lowest BCUT2D eigenvalue weighted by Crippen LogP contribution is -2.37. The molecular formula is C18H23N5O2S2. The zero-order valence-corrected chi connectivity index (χ0v) is 16.7. The van der Waals surface area contributed by atoms with Crippen LogP contribution in [0, 0.1) is 0 Å². The number of para-hydroxylation sites is 1. The van der Waals surface area contributed by atoms with Crippen LogP contribution < -0.4 is 15.8 Å². The molecule has 0 fully saturated rings. The Morgan fingerprint density at radius 2 is 2.00 bits per heavy atom. The molecule has 0 amide bonds. The van der Waals surface area contributed by atoms with E-state index in [1.807, 2.05) is 6.07 Å². The van der Waals surface area contributed by atoms with Gasteiger partial charge in [0.1, 0.15) is 4.21 Å². The zero-order chi connectivity index (χ0) is 19.3. The first kappa shape index (κ1) is 19.4. The lowest BCUT2D eigenvalue weighted by molar-refractivity contribution is 0.600. The average Bonchev–Trinajstić information content (AvgIpc) is 3.28. The maximum Gasteiger partial charge on any atom is 0.247 e. The van der Waals surface area contributed by atoms with E-state index in [4.69, 9.17) is 5.14 Å². The number of nitrogens with two attached hydrogens (primary N) is 1. The van der Waals surface area contributed by atoms with Crippen LogP contribution in [-0.2, 0) is 23.1 Å². The van der Waals surface area contributed by atoms with E-state index in [9.17, 15) is 8.42 Å². The molecule has 1 aromatic carbocycles. The average molecular weight is 406 g/mol. The summed E-state index contributed by atoms with van der Waals surface area (Å²) in [7, 11) is -1.93. The van der Waals surface area contributed by atoms with Crippen LogP contribution in [0.4, 0.5) is 0 Å². The van der Waals surface area contributed by atoms with E-state index in [1.54, 1.807) is 13.1 Å². The van der Waals surface area contributed by atoms with E-state index in [-0.39, 0.29) is 4.21 Å². The van der Waals surface area contributed by atoms with E-state index in [2.05, 4.69) is 50.7 Å². The molecule has 0 aliphatic heterocycles. The molecule has 0 radical (unpaired) electrons. The van der Waals surface area contributed by atoms with Gasteiger partial charge in [0.05, 0.1) is 6.54 Å². The van der Waals surface area contributed by atoms with Crippen molar-refractivity contribution in [3.8, 4) is 0 Å². The van der Waals surface area contributed by atoms with Crippen LogP contribution in [0.1, 0.15) is 11.3 Å². The Bertz CT molecular complexity index is 1040. The van der Waals surface area contributed by atoms with Gasteiger partial charge in [0.15, 0.2) is 5.96 Å². The monoisotopic (exact) mass is 405 g/mol. The molecule has 0 aliphatic carbocycles. The molecule has 4 N–H and O–H groups in total. The SMILES string of the molecule is CN=C(NCCCn1ccc2ccccc21)NCc1ccc(S(N)(=O)=O)s1. The molecule has 144 valence electrons. The van der Waals surface area contributed by atoms with Gasteiger partial charge in [-0.3, -0.25) is 4.99 Å². The van der Waals surface area contributed by atoms with Crippen LogP contribution in [0.2, 0.25) is 0 Å². The largest absolute Gasteiger partial charge is 0.356 e. The fourth-order valence-corrected chi connectivity index (χ4v) is 4.51. The van der Waals surface area contributed by atoms with Gasteiger partial charge in [0.25, 0.3) is 0 Å². The number of primary sulfonamides is 1. The number of benzene rings is 1. The molecule has 9 heteroatoms. The highest BCUT2D eigenvalue weighted by atomic mass is 32.2. The van der Waals surface area contributed by atoms with Crippen molar-refractivity contribution in [3.05, 3.63) is 53.5 Å². The predicted octanol–water partition coefficient (Wildman–Crippen LogP) is 2.11. The molecule has 3 rings (SSSR count). The number of nitrogens with zero attached hydrogens (tertiary/aromatic N) is 2. The molecule has 3 aromatic rings. The third kappa shape index (κ3) is 5.09. The van der Waals surface area contributed by atoms with Gasteiger partial charge in [0, 0.05) is 36.7 Å². The Kier molecular flexibility index (Phi) is 6.15. The number of guanidine groups is 1. The Morgan fingerprint density at radius 1 is 1.19 bits per heavy atom. The van der Waals surface area contributed by atoms with E-state index < -0.39 is 10.0 Å². The summed E-state index contributed by atoms with van der Waals surface area (Å²) in [4.78, 5) is 5.07. The standard InChI is InChI=1S/C18H23N5O2S2/c1-20-18(22-13-15-7-8-17(26-15)27(19,24)25)21-10-4-11-23-12-9-14-5-2-3-6-16(14)23/h2-3,5-9,12H,4,10-11,13H2,1H3,(H2,19,24,25)(H2,20,21,22). The van der Waals surface area contributed by atoms with E-state index >= 15 is 0 Å². The fraction of sp³-hybridized carbons (Fsp3) is 0.278. The van der Waals surface area contributed by atoms with Crippen molar-refractivity contribution in [1.82, 2.24) is 15.2 Å². The Labute approximate surface area is 163 Å². The van der Waals surface area contributed by atoms with Gasteiger partial charge in [-0.25, -0.2) is 13.6 Å². The summed E-state index contributed by atoms with van der Waals surface area (Å²) >= 11 is 1.16. The van der Waals surface area contributed by atoms with Crippen molar-refractivity contribution in [2.75, 3.05) is 13.6 Å². The zero-order valence-electron chi connectivity index (χ0n) is 15.1. The molecule has 0 aliphatic rings. The molecule has 0 saturated carbocycles. The first-order chi connectivity index (χ1) is 13.0. The van der Waals surface area contributed by atoms with Gasteiger partial charge >= 0.3 is 0 Å². The smallest absolute Gasteiger partial charge is 0.247 e. The number of rotatable bonds is 7. The number of thiophene rings is 1. The van der Waals surface area contributed by atoms with Gasteiger partial charge < -0.3 is 15.2 Å². The van der Waals surface area contributed by atoms with Crippen LogP contribution >= 0.6 is 11.3 Å². The van der Waals surface area contributed by atoms with Crippen molar-refractivity contribution in [2.45, 2.75) is 23.7 Å². The molecular weight excluding hydrogens is 382 g/mol. The summed E-state index contributed by atoms with van der Waals surface area (Å²) in [5.74, 6) is 0.679. The second-order valence-electron chi connectivity index (χ2n) is 6.04. The molecule has 0 atom stereocenters. The molecule has 0 bridgehead atoms. The Hall–Kier alpha value is -2.36. The second-order valence-corrected chi connectivity index (χ2v) is 9.00. The third-order valence-corrected chi connectivity index (χ3v) is 6.64. The van der Waals surface area contributed by atoms with Crippen LogP contribution in [0.5, 0.6) is 0 Å². The number of aromatic nitrogens is 1. The molecule has 0 spiro atoms. The fourth-order valence-electron chi connectivity index (χ4n) is 2.79. The van der Waals surface area contributed by atoms with Crippen molar-refractivity contribution in [2.24, 2.45) is 10.1 Å².